The zero-order valence-corrected chi connectivity index (χ0v) is 13.0. The Balaban J connectivity index is 1.55. The van der Waals surface area contributed by atoms with Crippen molar-refractivity contribution < 1.29 is 18.0 Å². The number of benzene rings is 1. The molecule has 3 rings (SSSR count). The summed E-state index contributed by atoms with van der Waals surface area (Å²) in [5, 5.41) is 0. The molecular weight excluding hydrogens is 304 g/mol. The van der Waals surface area contributed by atoms with E-state index in [-0.39, 0.29) is 49.5 Å². The Kier molecular flexibility index (Phi) is 4.01. The number of sulfonamides is 1. The molecule has 22 heavy (non-hydrogen) atoms. The molecule has 2 aliphatic rings. The Labute approximate surface area is 129 Å². The predicted octanol–water partition coefficient (Wildman–Crippen LogP) is 0.392. The van der Waals surface area contributed by atoms with E-state index in [0.29, 0.717) is 6.42 Å². The summed E-state index contributed by atoms with van der Waals surface area (Å²) in [6, 6.07) is 9.17. The molecule has 2 saturated heterocycles. The van der Waals surface area contributed by atoms with Crippen LogP contribution in [0.15, 0.2) is 30.3 Å². The van der Waals surface area contributed by atoms with E-state index in [2.05, 4.69) is 0 Å². The Morgan fingerprint density at radius 3 is 2.18 bits per heavy atom. The number of carbonyl (C=O) groups is 2. The molecule has 2 fully saturated rings. The quantitative estimate of drug-likeness (QED) is 0.735. The van der Waals surface area contributed by atoms with Crippen LogP contribution in [0.5, 0.6) is 0 Å². The SMILES string of the molecule is O=C1CCC(=O)N1C1CN(S(=O)(=O)CCc2ccccc2)C1. The highest BCUT2D eigenvalue weighted by atomic mass is 32.2. The van der Waals surface area contributed by atoms with Crippen molar-refractivity contribution in [3.05, 3.63) is 35.9 Å². The van der Waals surface area contributed by atoms with E-state index in [1.807, 2.05) is 30.3 Å². The second kappa shape index (κ2) is 5.81. The summed E-state index contributed by atoms with van der Waals surface area (Å²) in [6.45, 7) is 0.462. The van der Waals surface area contributed by atoms with E-state index in [4.69, 9.17) is 0 Å². The summed E-state index contributed by atoms with van der Waals surface area (Å²) < 4.78 is 25.9. The number of hydrogen-bond donors (Lipinski definition) is 0. The van der Waals surface area contributed by atoms with E-state index >= 15 is 0 Å². The van der Waals surface area contributed by atoms with E-state index in [0.717, 1.165) is 5.56 Å². The van der Waals surface area contributed by atoms with Crippen molar-refractivity contribution in [2.45, 2.75) is 25.3 Å². The van der Waals surface area contributed by atoms with Gasteiger partial charge in [-0.3, -0.25) is 14.5 Å². The van der Waals surface area contributed by atoms with Crippen LogP contribution in [0.3, 0.4) is 0 Å². The number of hydrogen-bond acceptors (Lipinski definition) is 4. The number of rotatable bonds is 5. The average molecular weight is 322 g/mol. The summed E-state index contributed by atoms with van der Waals surface area (Å²) >= 11 is 0. The first-order valence-electron chi connectivity index (χ1n) is 7.34. The Bertz CT molecular complexity index is 665. The van der Waals surface area contributed by atoms with Crippen LogP contribution in [0.4, 0.5) is 0 Å². The third-order valence-electron chi connectivity index (χ3n) is 4.17. The first kappa shape index (κ1) is 15.2. The summed E-state index contributed by atoms with van der Waals surface area (Å²) in [6.07, 6.45) is 0.956. The van der Waals surface area contributed by atoms with Crippen molar-refractivity contribution in [3.8, 4) is 0 Å². The fourth-order valence-corrected chi connectivity index (χ4v) is 4.38. The molecular formula is C15H18N2O4S. The molecule has 0 atom stereocenters. The van der Waals surface area contributed by atoms with Crippen molar-refractivity contribution >= 4 is 21.8 Å². The van der Waals surface area contributed by atoms with E-state index in [1.54, 1.807) is 0 Å². The Morgan fingerprint density at radius 2 is 1.59 bits per heavy atom. The van der Waals surface area contributed by atoms with Gasteiger partial charge in [0.25, 0.3) is 0 Å². The lowest BCUT2D eigenvalue weighted by Crippen LogP contribution is -2.62. The molecule has 0 saturated carbocycles. The summed E-state index contributed by atoms with van der Waals surface area (Å²) in [4.78, 5) is 24.5. The number of carbonyl (C=O) groups excluding carboxylic acids is 2. The molecule has 2 heterocycles. The summed E-state index contributed by atoms with van der Waals surface area (Å²) in [7, 11) is -3.34. The van der Waals surface area contributed by atoms with E-state index < -0.39 is 10.0 Å². The Morgan fingerprint density at radius 1 is 1.00 bits per heavy atom. The highest BCUT2D eigenvalue weighted by molar-refractivity contribution is 7.89. The number of likely N-dealkylation sites (tertiary alicyclic amines) is 1. The summed E-state index contributed by atoms with van der Waals surface area (Å²) in [5.74, 6) is -0.321. The third-order valence-corrected chi connectivity index (χ3v) is 5.97. The minimum Gasteiger partial charge on any atom is -0.277 e. The molecule has 0 N–H and O–H groups in total. The molecule has 118 valence electrons. The average Bonchev–Trinajstić information content (AvgIpc) is 2.77. The topological polar surface area (TPSA) is 74.8 Å². The van der Waals surface area contributed by atoms with Crippen molar-refractivity contribution in [1.82, 2.24) is 9.21 Å². The monoisotopic (exact) mass is 322 g/mol. The first-order valence-corrected chi connectivity index (χ1v) is 8.95. The van der Waals surface area contributed by atoms with Crippen LogP contribution in [-0.2, 0) is 26.0 Å². The first-order chi connectivity index (χ1) is 10.5. The molecule has 2 aliphatic heterocycles. The normalized spacial score (nSPS) is 20.5. The molecule has 0 radical (unpaired) electrons. The molecule has 0 unspecified atom stereocenters. The lowest BCUT2D eigenvalue weighted by Gasteiger charge is -2.41. The van der Waals surface area contributed by atoms with Crippen LogP contribution in [0.25, 0.3) is 0 Å². The molecule has 7 heteroatoms. The largest absolute Gasteiger partial charge is 0.277 e. The molecule has 6 nitrogen and oxygen atoms in total. The van der Waals surface area contributed by atoms with Crippen LogP contribution in [0.1, 0.15) is 18.4 Å². The third kappa shape index (κ3) is 2.91. The van der Waals surface area contributed by atoms with Gasteiger partial charge in [-0.05, 0) is 12.0 Å². The van der Waals surface area contributed by atoms with Crippen molar-refractivity contribution in [1.29, 1.82) is 0 Å². The van der Waals surface area contributed by atoms with Gasteiger partial charge in [-0.1, -0.05) is 30.3 Å². The van der Waals surface area contributed by atoms with Gasteiger partial charge in [-0.2, -0.15) is 4.31 Å². The fraction of sp³-hybridized carbons (Fsp3) is 0.467. The zero-order chi connectivity index (χ0) is 15.7. The zero-order valence-electron chi connectivity index (χ0n) is 12.1. The molecule has 2 amide bonds. The van der Waals surface area contributed by atoms with E-state index in [9.17, 15) is 18.0 Å². The van der Waals surface area contributed by atoms with Gasteiger partial charge in [-0.15, -0.1) is 0 Å². The van der Waals surface area contributed by atoms with Gasteiger partial charge in [0.1, 0.15) is 0 Å². The molecule has 0 bridgehead atoms. The molecule has 1 aromatic carbocycles. The highest BCUT2D eigenvalue weighted by Crippen LogP contribution is 2.24. The minimum absolute atomic E-state index is 0.0472. The van der Waals surface area contributed by atoms with Crippen LogP contribution < -0.4 is 0 Å². The maximum Gasteiger partial charge on any atom is 0.230 e. The van der Waals surface area contributed by atoms with Gasteiger partial charge in [0.05, 0.1) is 11.8 Å². The summed E-state index contributed by atoms with van der Waals surface area (Å²) in [5.41, 5.74) is 0.980. The lowest BCUT2D eigenvalue weighted by molar-refractivity contribution is -0.143. The van der Waals surface area contributed by atoms with Crippen molar-refractivity contribution in [2.24, 2.45) is 0 Å². The molecule has 0 spiro atoms. The number of imide groups is 1. The molecule has 0 aliphatic carbocycles. The van der Waals surface area contributed by atoms with Gasteiger partial charge in [0.15, 0.2) is 0 Å². The molecule has 0 aromatic heterocycles. The second-order valence-corrected chi connectivity index (χ2v) is 7.77. The van der Waals surface area contributed by atoms with Gasteiger partial charge >= 0.3 is 0 Å². The smallest absolute Gasteiger partial charge is 0.230 e. The van der Waals surface area contributed by atoms with Gasteiger partial charge in [0.2, 0.25) is 21.8 Å². The van der Waals surface area contributed by atoms with Crippen LogP contribution >= 0.6 is 0 Å². The van der Waals surface area contributed by atoms with Crippen LogP contribution in [-0.4, -0.2) is 54.3 Å². The van der Waals surface area contributed by atoms with Crippen molar-refractivity contribution in [2.75, 3.05) is 18.8 Å². The Hall–Kier alpha value is -1.73. The number of nitrogens with zero attached hydrogens (tertiary/aromatic N) is 2. The van der Waals surface area contributed by atoms with Crippen LogP contribution in [0, 0.1) is 0 Å². The van der Waals surface area contributed by atoms with E-state index in [1.165, 1.54) is 9.21 Å². The van der Waals surface area contributed by atoms with Crippen LogP contribution in [0.2, 0.25) is 0 Å². The minimum atomic E-state index is -3.34. The van der Waals surface area contributed by atoms with Gasteiger partial charge < -0.3 is 0 Å². The predicted molar refractivity (Wildman–Crippen MR) is 80.4 cm³/mol. The fourth-order valence-electron chi connectivity index (χ4n) is 2.83. The van der Waals surface area contributed by atoms with Gasteiger partial charge in [-0.25, -0.2) is 8.42 Å². The standard InChI is InChI=1S/C15H18N2O4S/c18-14-6-7-15(19)17(14)13-10-16(11-13)22(20,21)9-8-12-4-2-1-3-5-12/h1-5,13H,6-11H2. The number of amides is 2. The maximum atomic E-state index is 12.2. The van der Waals surface area contributed by atoms with Crippen molar-refractivity contribution in [3.63, 3.8) is 0 Å². The lowest BCUT2D eigenvalue weighted by atomic mass is 10.1. The maximum absolute atomic E-state index is 12.2. The number of aryl methyl sites for hydroxylation is 1. The highest BCUT2D eigenvalue weighted by Gasteiger charge is 2.44. The van der Waals surface area contributed by atoms with Gasteiger partial charge in [0, 0.05) is 25.9 Å². The second-order valence-electron chi connectivity index (χ2n) is 5.68. The molecule has 1 aromatic rings.